The lowest BCUT2D eigenvalue weighted by molar-refractivity contribution is -0.870. The fourth-order valence-corrected chi connectivity index (χ4v) is 3.39. The highest BCUT2D eigenvalue weighted by Crippen LogP contribution is 2.29. The molecule has 0 rings (SSSR count). The van der Waals surface area contributed by atoms with Gasteiger partial charge in [0.05, 0.1) is 27.7 Å². The lowest BCUT2D eigenvalue weighted by Gasteiger charge is -2.25. The minimum Gasteiger partial charge on any atom is -0.756 e. The highest BCUT2D eigenvalue weighted by molar-refractivity contribution is 7.44. The monoisotopic (exact) mass is 468 g/mol. The first-order valence-corrected chi connectivity index (χ1v) is 13.9. The summed E-state index contributed by atoms with van der Waals surface area (Å²) in [5, 5.41) is 11.8. The Bertz CT molecular complexity index is 382. The SMILES string of the molecule is CCCCCCCCCCCCCCCCNCCO.C[N+](C)(C)CCOP(=O)([O-])O. The molecule has 0 heterocycles. The average molecular weight is 469 g/mol. The summed E-state index contributed by atoms with van der Waals surface area (Å²) in [7, 11) is 1.19. The molecule has 0 amide bonds. The van der Waals surface area contributed by atoms with Crippen LogP contribution in [-0.4, -0.2) is 68.5 Å². The Morgan fingerprint density at radius 1 is 0.806 bits per heavy atom. The maximum atomic E-state index is 10.1. The van der Waals surface area contributed by atoms with E-state index in [0.29, 0.717) is 11.0 Å². The molecule has 0 saturated carbocycles. The minimum atomic E-state index is -4.51. The summed E-state index contributed by atoms with van der Waals surface area (Å²) in [6, 6.07) is 0. The smallest absolute Gasteiger partial charge is 0.265 e. The van der Waals surface area contributed by atoms with E-state index in [0.717, 1.165) is 13.1 Å². The van der Waals surface area contributed by atoms with E-state index in [4.69, 9.17) is 10.00 Å². The van der Waals surface area contributed by atoms with Gasteiger partial charge in [-0.25, -0.2) is 0 Å². The minimum absolute atomic E-state index is 0.0147. The van der Waals surface area contributed by atoms with Crippen molar-refractivity contribution in [2.45, 2.75) is 96.8 Å². The molecular weight excluding hydrogens is 415 g/mol. The first-order chi connectivity index (χ1) is 14.6. The van der Waals surface area contributed by atoms with Crippen LogP contribution in [-0.2, 0) is 9.09 Å². The maximum Gasteiger partial charge on any atom is 0.265 e. The number of phosphoric acid groups is 1. The predicted molar refractivity (Wildman–Crippen MR) is 129 cm³/mol. The van der Waals surface area contributed by atoms with E-state index in [-0.39, 0.29) is 13.2 Å². The first kappa shape index (κ1) is 33.2. The molecule has 1 unspecified atom stereocenters. The second-order valence-electron chi connectivity index (χ2n) is 9.39. The van der Waals surface area contributed by atoms with Gasteiger partial charge >= 0.3 is 0 Å². The van der Waals surface area contributed by atoms with Gasteiger partial charge in [0.15, 0.2) is 0 Å². The molecule has 0 aliphatic carbocycles. The fraction of sp³-hybridized carbons (Fsp3) is 1.00. The third kappa shape index (κ3) is 37.6. The molecule has 0 radical (unpaired) electrons. The van der Waals surface area contributed by atoms with Gasteiger partial charge in [-0.1, -0.05) is 90.4 Å². The van der Waals surface area contributed by atoms with Crippen LogP contribution in [0.2, 0.25) is 0 Å². The number of likely N-dealkylation sites (N-methyl/N-ethyl adjacent to an activating group) is 1. The first-order valence-electron chi connectivity index (χ1n) is 12.4. The summed E-state index contributed by atoms with van der Waals surface area (Å²) in [5.74, 6) is 0. The summed E-state index contributed by atoms with van der Waals surface area (Å²) in [6.45, 7) is 4.91. The molecule has 0 aliphatic heterocycles. The molecule has 3 N–H and O–H groups in total. The van der Waals surface area contributed by atoms with Gasteiger partial charge in [0.1, 0.15) is 13.2 Å². The zero-order valence-corrected chi connectivity index (χ0v) is 21.8. The van der Waals surface area contributed by atoms with Crippen LogP contribution in [0.5, 0.6) is 0 Å². The molecule has 0 spiro atoms. The Morgan fingerprint density at radius 3 is 1.58 bits per heavy atom. The van der Waals surface area contributed by atoms with Crippen molar-refractivity contribution in [3.05, 3.63) is 0 Å². The third-order valence-electron chi connectivity index (χ3n) is 5.01. The van der Waals surface area contributed by atoms with Crippen molar-refractivity contribution < 1.29 is 28.5 Å². The van der Waals surface area contributed by atoms with Crippen LogP contribution in [0, 0.1) is 0 Å². The largest absolute Gasteiger partial charge is 0.756 e. The Hall–Kier alpha value is -0.0100. The van der Waals surface area contributed by atoms with Crippen LogP contribution in [0.15, 0.2) is 0 Å². The quantitative estimate of drug-likeness (QED) is 0.132. The van der Waals surface area contributed by atoms with E-state index < -0.39 is 7.82 Å². The van der Waals surface area contributed by atoms with Crippen LogP contribution in [0.25, 0.3) is 0 Å². The number of nitrogens with one attached hydrogen (secondary N) is 1. The number of aliphatic hydroxyl groups is 1. The number of nitrogens with zero attached hydrogens (tertiary/aromatic N) is 1. The molecule has 7 nitrogen and oxygen atoms in total. The average Bonchev–Trinajstić information content (AvgIpc) is 2.66. The topological polar surface area (TPSA) is 102 Å². The van der Waals surface area contributed by atoms with Gasteiger partial charge in [-0.3, -0.25) is 4.57 Å². The summed E-state index contributed by atoms with van der Waals surface area (Å²) in [5.41, 5.74) is 0. The number of rotatable bonds is 21. The number of aliphatic hydroxyl groups excluding tert-OH is 1. The van der Waals surface area contributed by atoms with Crippen LogP contribution in [0.3, 0.4) is 0 Å². The lowest BCUT2D eigenvalue weighted by atomic mass is 10.0. The van der Waals surface area contributed by atoms with Crippen molar-refractivity contribution in [2.75, 3.05) is 54.0 Å². The predicted octanol–water partition coefficient (Wildman–Crippen LogP) is 4.22. The van der Waals surface area contributed by atoms with E-state index in [9.17, 15) is 9.46 Å². The lowest BCUT2D eigenvalue weighted by Crippen LogP contribution is -2.37. The van der Waals surface area contributed by atoms with Crippen molar-refractivity contribution in [1.82, 2.24) is 5.32 Å². The molecule has 1 atom stereocenters. The van der Waals surface area contributed by atoms with Gasteiger partial charge < -0.3 is 29.2 Å². The van der Waals surface area contributed by atoms with Crippen LogP contribution in [0.4, 0.5) is 0 Å². The summed E-state index contributed by atoms with van der Waals surface area (Å²) >= 11 is 0. The zero-order chi connectivity index (χ0) is 23.8. The van der Waals surface area contributed by atoms with E-state index >= 15 is 0 Å². The summed E-state index contributed by atoms with van der Waals surface area (Å²) in [6.07, 6.45) is 19.8. The van der Waals surface area contributed by atoms with Gasteiger partial charge in [-0.15, -0.1) is 0 Å². The van der Waals surface area contributed by atoms with Gasteiger partial charge in [-0.2, -0.15) is 0 Å². The summed E-state index contributed by atoms with van der Waals surface area (Å²) in [4.78, 5) is 18.3. The molecule has 0 saturated heterocycles. The molecular formula is C23H53N2O5P. The Labute approximate surface area is 192 Å². The number of phosphoric ester groups is 1. The third-order valence-corrected chi connectivity index (χ3v) is 5.52. The normalized spacial score (nSPS) is 13.5. The Morgan fingerprint density at radius 2 is 1.23 bits per heavy atom. The Balaban J connectivity index is 0. The van der Waals surface area contributed by atoms with Gasteiger partial charge in [0, 0.05) is 6.54 Å². The number of quaternary nitrogens is 1. The number of hydrogen-bond donors (Lipinski definition) is 3. The second kappa shape index (κ2) is 23.2. The van der Waals surface area contributed by atoms with E-state index in [1.165, 1.54) is 89.9 Å². The van der Waals surface area contributed by atoms with Crippen LogP contribution >= 0.6 is 7.82 Å². The van der Waals surface area contributed by atoms with E-state index in [1.54, 1.807) is 0 Å². The van der Waals surface area contributed by atoms with Crippen molar-refractivity contribution in [2.24, 2.45) is 0 Å². The molecule has 0 aromatic carbocycles. The second-order valence-corrected chi connectivity index (χ2v) is 10.6. The molecule has 0 bridgehead atoms. The highest BCUT2D eigenvalue weighted by Gasteiger charge is 2.09. The molecule has 0 aromatic rings. The molecule has 0 aromatic heterocycles. The molecule has 0 aliphatic rings. The van der Waals surface area contributed by atoms with E-state index in [1.807, 2.05) is 21.1 Å². The fourth-order valence-electron chi connectivity index (χ4n) is 3.08. The van der Waals surface area contributed by atoms with Gasteiger partial charge in [0.2, 0.25) is 0 Å². The molecule has 190 valence electrons. The number of unbranched alkanes of at least 4 members (excludes halogenated alkanes) is 13. The van der Waals surface area contributed by atoms with Gasteiger partial charge in [0.25, 0.3) is 7.82 Å². The van der Waals surface area contributed by atoms with Crippen molar-refractivity contribution in [3.63, 3.8) is 0 Å². The standard InChI is InChI=1S/C18H39NO.C5H14NO4P/c1-2-3-4-5-6-7-8-9-10-11-12-13-14-15-16-19-17-18-20;1-6(2,3)4-5-10-11(7,8)9/h19-20H,2-18H2,1H3;4-5H2,1-3H3,(H-,7,8,9). The van der Waals surface area contributed by atoms with Crippen LogP contribution < -0.4 is 10.2 Å². The van der Waals surface area contributed by atoms with Crippen molar-refractivity contribution >= 4 is 7.82 Å². The highest BCUT2D eigenvalue weighted by atomic mass is 31.2. The van der Waals surface area contributed by atoms with Crippen molar-refractivity contribution in [3.8, 4) is 0 Å². The zero-order valence-electron chi connectivity index (χ0n) is 20.9. The van der Waals surface area contributed by atoms with Gasteiger partial charge in [-0.05, 0) is 13.0 Å². The molecule has 31 heavy (non-hydrogen) atoms. The molecule has 8 heteroatoms. The molecule has 0 fully saturated rings. The number of hydrogen-bond acceptors (Lipinski definition) is 5. The maximum absolute atomic E-state index is 10.1. The van der Waals surface area contributed by atoms with Crippen LogP contribution in [0.1, 0.15) is 96.8 Å². The Kier molecular flexibility index (Phi) is 24.8. The van der Waals surface area contributed by atoms with E-state index in [2.05, 4.69) is 16.8 Å². The van der Waals surface area contributed by atoms with Crippen molar-refractivity contribution in [1.29, 1.82) is 0 Å². The summed E-state index contributed by atoms with van der Waals surface area (Å²) < 4.78 is 14.8.